The smallest absolute Gasteiger partial charge is 0.233 e. The molecule has 0 saturated heterocycles. The number of allylic oxidation sites excluding steroid dienone is 1. The number of azide groups is 1. The molecule has 0 spiro atoms. The fourth-order valence-corrected chi connectivity index (χ4v) is 2.36. The molecule has 0 heterocycles. The van der Waals surface area contributed by atoms with Crippen LogP contribution in [0.3, 0.4) is 0 Å². The fraction of sp³-hybridized carbons (Fsp3) is 0.231. The minimum absolute atomic E-state index is 0.297. The maximum atomic E-state index is 11.7. The van der Waals surface area contributed by atoms with Gasteiger partial charge >= 0.3 is 0 Å². The lowest BCUT2D eigenvalue weighted by molar-refractivity contribution is -0.110. The lowest BCUT2D eigenvalue weighted by atomic mass is 9.91. The summed E-state index contributed by atoms with van der Waals surface area (Å²) in [5.74, 6) is -1.15. The third kappa shape index (κ3) is 2.68. The Labute approximate surface area is 130 Å². The van der Waals surface area contributed by atoms with Gasteiger partial charge in [0.2, 0.25) is 11.6 Å². The Morgan fingerprint density at radius 2 is 1.82 bits per heavy atom. The van der Waals surface area contributed by atoms with Crippen LogP contribution < -0.4 is 0 Å². The summed E-state index contributed by atoms with van der Waals surface area (Å²) in [6.45, 7) is 1.45. The van der Waals surface area contributed by atoms with Crippen LogP contribution in [-0.2, 0) is 4.79 Å². The Bertz CT molecular complexity index is 772. The number of benzene rings is 1. The Morgan fingerprint density at radius 1 is 1.18 bits per heavy atom. The summed E-state index contributed by atoms with van der Waals surface area (Å²) in [6, 6.07) is 4.73. The van der Waals surface area contributed by atoms with Gasteiger partial charge in [-0.2, -0.15) is 12.6 Å². The second-order valence-electron chi connectivity index (χ2n) is 4.75. The maximum Gasteiger partial charge on any atom is 0.233 e. The normalized spacial score (nSPS) is 16.8. The minimum atomic E-state index is -1.45. The van der Waals surface area contributed by atoms with Crippen LogP contribution in [0.15, 0.2) is 34.5 Å². The molecule has 22 heavy (non-hydrogen) atoms. The Morgan fingerprint density at radius 3 is 2.41 bits per heavy atom. The minimum Gasteiger partial charge on any atom is -0.286 e. The molecule has 1 aromatic rings. The van der Waals surface area contributed by atoms with E-state index in [2.05, 4.69) is 32.7 Å². The van der Waals surface area contributed by atoms with E-state index in [1.807, 2.05) is 0 Å². The molecule has 1 unspecified atom stereocenters. The van der Waals surface area contributed by atoms with Crippen LogP contribution in [0, 0.1) is 0 Å². The van der Waals surface area contributed by atoms with Crippen molar-refractivity contribution in [3.8, 4) is 0 Å². The summed E-state index contributed by atoms with van der Waals surface area (Å²) in [5.41, 5.74) is 17.3. The molecule has 110 valence electrons. The van der Waals surface area contributed by atoms with E-state index in [1.165, 1.54) is 25.1 Å². The van der Waals surface area contributed by atoms with Gasteiger partial charge < -0.3 is 0 Å². The van der Waals surface area contributed by atoms with Gasteiger partial charge in [0.05, 0.1) is 0 Å². The number of Topliss-reactive ketones (excluding diaryl/α,β-unsaturated/α-hetero) is 1. The number of fused-ring (bicyclic) bond motifs is 1. The molecule has 0 N–H and O–H groups in total. The van der Waals surface area contributed by atoms with Gasteiger partial charge in [0.1, 0.15) is 5.66 Å². The summed E-state index contributed by atoms with van der Waals surface area (Å²) in [5, 5.41) is 6.29. The first kappa shape index (κ1) is 15.7. The quantitative estimate of drug-likeness (QED) is 0.298. The SMILES string of the molecule is CC(N=[N+]=[N-])(N=[N+]=[N-])C(S)c1ccc2c(c1)C=CC(=O)C2=O. The van der Waals surface area contributed by atoms with Crippen LogP contribution in [0.1, 0.15) is 33.7 Å². The first-order valence-corrected chi connectivity index (χ1v) is 6.66. The average Bonchev–Trinajstić information content (AvgIpc) is 2.50. The predicted octanol–water partition coefficient (Wildman–Crippen LogP) is 3.77. The van der Waals surface area contributed by atoms with E-state index in [1.54, 1.807) is 12.1 Å². The molecule has 8 nitrogen and oxygen atoms in total. The zero-order chi connectivity index (χ0) is 16.3. The molecule has 0 radical (unpaired) electrons. The van der Waals surface area contributed by atoms with Crippen molar-refractivity contribution in [1.82, 2.24) is 0 Å². The predicted molar refractivity (Wildman–Crippen MR) is 83.2 cm³/mol. The van der Waals surface area contributed by atoms with Crippen molar-refractivity contribution in [2.45, 2.75) is 17.8 Å². The van der Waals surface area contributed by atoms with E-state index in [0.717, 1.165) is 0 Å². The van der Waals surface area contributed by atoms with E-state index in [0.29, 0.717) is 16.7 Å². The molecular weight excluding hydrogens is 304 g/mol. The fourth-order valence-electron chi connectivity index (χ4n) is 2.10. The molecular formula is C13H10N6O2S. The van der Waals surface area contributed by atoms with Crippen LogP contribution in [0.2, 0.25) is 0 Å². The molecule has 0 bridgehead atoms. The van der Waals surface area contributed by atoms with Crippen molar-refractivity contribution in [1.29, 1.82) is 0 Å². The second kappa shape index (κ2) is 5.95. The number of carbonyl (C=O) groups is 2. The standard InChI is InChI=1S/C13H10N6O2S/c1-13(16-18-14,17-19-15)12(22)8-2-4-9-7(6-8)3-5-10(20)11(9)21/h2-6,12,22H,1H3. The van der Waals surface area contributed by atoms with Crippen molar-refractivity contribution in [3.63, 3.8) is 0 Å². The molecule has 9 heteroatoms. The van der Waals surface area contributed by atoms with Gasteiger partial charge in [-0.1, -0.05) is 22.4 Å². The van der Waals surface area contributed by atoms with Crippen LogP contribution in [0.4, 0.5) is 0 Å². The summed E-state index contributed by atoms with van der Waals surface area (Å²) in [7, 11) is 0. The maximum absolute atomic E-state index is 11.7. The summed E-state index contributed by atoms with van der Waals surface area (Å²) in [4.78, 5) is 28.5. The zero-order valence-electron chi connectivity index (χ0n) is 11.4. The molecule has 1 aliphatic carbocycles. The largest absolute Gasteiger partial charge is 0.286 e. The monoisotopic (exact) mass is 314 g/mol. The van der Waals surface area contributed by atoms with Gasteiger partial charge in [-0.3, -0.25) is 9.59 Å². The van der Waals surface area contributed by atoms with E-state index in [-0.39, 0.29) is 0 Å². The van der Waals surface area contributed by atoms with E-state index in [4.69, 9.17) is 11.1 Å². The first-order chi connectivity index (χ1) is 10.4. The van der Waals surface area contributed by atoms with Gasteiger partial charge in [0, 0.05) is 20.6 Å². The van der Waals surface area contributed by atoms with E-state index < -0.39 is 22.5 Å². The van der Waals surface area contributed by atoms with Crippen molar-refractivity contribution >= 4 is 30.3 Å². The Hall–Kier alpha value is -2.73. The Balaban J connectivity index is 2.50. The summed E-state index contributed by atoms with van der Waals surface area (Å²) in [6.07, 6.45) is 2.73. The lowest BCUT2D eigenvalue weighted by Crippen LogP contribution is -2.24. The number of nitrogens with zero attached hydrogens (tertiary/aromatic N) is 6. The summed E-state index contributed by atoms with van der Waals surface area (Å²) >= 11 is 4.37. The number of rotatable bonds is 4. The molecule has 0 amide bonds. The van der Waals surface area contributed by atoms with Crippen molar-refractivity contribution in [2.24, 2.45) is 10.2 Å². The number of ketones is 2. The highest BCUT2D eigenvalue weighted by molar-refractivity contribution is 7.80. The Kier molecular flexibility index (Phi) is 4.23. The van der Waals surface area contributed by atoms with Crippen LogP contribution in [0.25, 0.3) is 27.0 Å². The molecule has 0 aromatic heterocycles. The van der Waals surface area contributed by atoms with E-state index in [9.17, 15) is 9.59 Å². The number of carbonyl (C=O) groups excluding carboxylic acids is 2. The molecule has 0 aliphatic heterocycles. The number of thiol groups is 1. The third-order valence-corrected chi connectivity index (χ3v) is 4.07. The van der Waals surface area contributed by atoms with Gasteiger partial charge in [-0.25, -0.2) is 0 Å². The second-order valence-corrected chi connectivity index (χ2v) is 5.27. The van der Waals surface area contributed by atoms with Crippen molar-refractivity contribution in [3.05, 3.63) is 61.9 Å². The van der Waals surface area contributed by atoms with Gasteiger partial charge in [-0.05, 0) is 47.3 Å². The molecule has 0 fully saturated rings. The molecule has 2 rings (SSSR count). The molecule has 1 aliphatic rings. The zero-order valence-corrected chi connectivity index (χ0v) is 12.3. The third-order valence-electron chi connectivity index (χ3n) is 3.29. The van der Waals surface area contributed by atoms with Crippen molar-refractivity contribution < 1.29 is 9.59 Å². The summed E-state index contributed by atoms with van der Waals surface area (Å²) < 4.78 is 0. The highest BCUT2D eigenvalue weighted by Crippen LogP contribution is 2.37. The highest BCUT2D eigenvalue weighted by Gasteiger charge is 2.32. The van der Waals surface area contributed by atoms with Crippen molar-refractivity contribution in [2.75, 3.05) is 0 Å². The first-order valence-electron chi connectivity index (χ1n) is 6.14. The van der Waals surface area contributed by atoms with E-state index >= 15 is 0 Å². The van der Waals surface area contributed by atoms with Gasteiger partial charge in [-0.15, -0.1) is 0 Å². The number of hydrogen-bond acceptors (Lipinski definition) is 5. The van der Waals surface area contributed by atoms with Gasteiger partial charge in [0.25, 0.3) is 0 Å². The van der Waals surface area contributed by atoms with Crippen LogP contribution in [-0.4, -0.2) is 17.2 Å². The van der Waals surface area contributed by atoms with Gasteiger partial charge in [0.15, 0.2) is 0 Å². The lowest BCUT2D eigenvalue weighted by Gasteiger charge is -2.26. The average molecular weight is 314 g/mol. The highest BCUT2D eigenvalue weighted by atomic mass is 32.1. The number of hydrogen-bond donors (Lipinski definition) is 1. The van der Waals surface area contributed by atoms with Crippen LogP contribution >= 0.6 is 12.6 Å². The molecule has 1 aromatic carbocycles. The topological polar surface area (TPSA) is 132 Å². The molecule has 1 atom stereocenters. The molecule has 0 saturated carbocycles. The van der Waals surface area contributed by atoms with Crippen LogP contribution in [0.5, 0.6) is 0 Å².